The van der Waals surface area contributed by atoms with Crippen LogP contribution in [0.25, 0.3) is 0 Å². The normalized spacial score (nSPS) is 18.4. The van der Waals surface area contributed by atoms with Gasteiger partial charge in [-0.3, -0.25) is 9.80 Å². The summed E-state index contributed by atoms with van der Waals surface area (Å²) in [5.41, 5.74) is 6.76. The Labute approximate surface area is 258 Å². The summed E-state index contributed by atoms with van der Waals surface area (Å²) in [5.74, 6) is 2.42. The van der Waals surface area contributed by atoms with Crippen LogP contribution in [0.3, 0.4) is 0 Å². The third-order valence-electron chi connectivity index (χ3n) is 9.16. The molecule has 2 aliphatic rings. The van der Waals surface area contributed by atoms with Crippen molar-refractivity contribution in [2.24, 2.45) is 0 Å². The molecule has 2 atom stereocenters. The molecule has 44 heavy (non-hydrogen) atoms. The second-order valence-electron chi connectivity index (χ2n) is 11.9. The van der Waals surface area contributed by atoms with E-state index in [1.807, 2.05) is 48.5 Å². The summed E-state index contributed by atoms with van der Waals surface area (Å²) in [6.07, 6.45) is 3.28. The van der Waals surface area contributed by atoms with Crippen LogP contribution in [0.4, 0.5) is 0 Å². The summed E-state index contributed by atoms with van der Waals surface area (Å²) in [4.78, 5) is 4.61. The van der Waals surface area contributed by atoms with Crippen molar-refractivity contribution in [2.45, 2.75) is 37.8 Å². The van der Waals surface area contributed by atoms with E-state index in [1.54, 1.807) is 20.3 Å². The van der Waals surface area contributed by atoms with E-state index in [2.05, 4.69) is 36.0 Å². The molecule has 0 bridgehead atoms. The standard InChI is InChI=1S/C36H40N2O6/c1-37-13-11-24-18-34(42-3)32(40)20-27(24)29(37)15-22-5-8-26(9-6-22)44-36-17-23(7-10-31(36)39)16-30-28-21-33(41)35(43-4)19-25(28)12-14-38(30)2/h5-10,17-21,29-30,39-41H,11-16H2,1-4H3. The molecule has 2 heterocycles. The van der Waals surface area contributed by atoms with Crippen LogP contribution >= 0.6 is 0 Å². The van der Waals surface area contributed by atoms with Crippen LogP contribution in [0.15, 0.2) is 66.7 Å². The first kappa shape index (κ1) is 29.7. The molecule has 2 unspecified atom stereocenters. The molecule has 0 aliphatic carbocycles. The van der Waals surface area contributed by atoms with E-state index >= 15 is 0 Å². The zero-order chi connectivity index (χ0) is 31.0. The molecule has 0 saturated carbocycles. The third-order valence-corrected chi connectivity index (χ3v) is 9.16. The number of phenols is 3. The van der Waals surface area contributed by atoms with Crippen LogP contribution < -0.4 is 14.2 Å². The zero-order valence-corrected chi connectivity index (χ0v) is 25.7. The number of hydrogen-bond donors (Lipinski definition) is 3. The largest absolute Gasteiger partial charge is 0.504 e. The number of methoxy groups -OCH3 is 2. The molecule has 2 aliphatic heterocycles. The first-order chi connectivity index (χ1) is 21.2. The Kier molecular flexibility index (Phi) is 8.29. The van der Waals surface area contributed by atoms with Crippen molar-refractivity contribution >= 4 is 0 Å². The Morgan fingerprint density at radius 1 is 0.614 bits per heavy atom. The molecule has 3 N–H and O–H groups in total. The maximum absolute atomic E-state index is 10.6. The smallest absolute Gasteiger partial charge is 0.169 e. The summed E-state index contributed by atoms with van der Waals surface area (Å²) >= 11 is 0. The molecule has 0 radical (unpaired) electrons. The zero-order valence-electron chi connectivity index (χ0n) is 25.7. The van der Waals surface area contributed by atoms with Gasteiger partial charge in [-0.2, -0.15) is 0 Å². The van der Waals surface area contributed by atoms with E-state index in [-0.39, 0.29) is 29.3 Å². The molecular weight excluding hydrogens is 556 g/mol. The Morgan fingerprint density at radius 3 is 1.64 bits per heavy atom. The number of hydrogen-bond acceptors (Lipinski definition) is 8. The van der Waals surface area contributed by atoms with Gasteiger partial charge in [0.1, 0.15) is 5.75 Å². The Balaban J connectivity index is 1.17. The van der Waals surface area contributed by atoms with Gasteiger partial charge >= 0.3 is 0 Å². The van der Waals surface area contributed by atoms with Crippen LogP contribution in [0.2, 0.25) is 0 Å². The maximum atomic E-state index is 10.6. The second kappa shape index (κ2) is 12.3. The highest BCUT2D eigenvalue weighted by Crippen LogP contribution is 2.41. The lowest BCUT2D eigenvalue weighted by Crippen LogP contribution is -2.33. The minimum absolute atomic E-state index is 0.0679. The minimum atomic E-state index is 0.0679. The molecule has 0 amide bonds. The fourth-order valence-electron chi connectivity index (χ4n) is 6.58. The molecule has 0 spiro atoms. The summed E-state index contributed by atoms with van der Waals surface area (Å²) in [5, 5.41) is 31.5. The van der Waals surface area contributed by atoms with Gasteiger partial charge in [-0.15, -0.1) is 0 Å². The number of aromatic hydroxyl groups is 3. The molecule has 230 valence electrons. The number of nitrogens with zero attached hydrogens (tertiary/aromatic N) is 2. The minimum Gasteiger partial charge on any atom is -0.504 e. The Bertz CT molecular complexity index is 1650. The Morgan fingerprint density at radius 2 is 1.11 bits per heavy atom. The fourth-order valence-corrected chi connectivity index (χ4v) is 6.58. The summed E-state index contributed by atoms with van der Waals surface area (Å²) in [7, 11) is 7.35. The van der Waals surface area contributed by atoms with Crippen molar-refractivity contribution in [3.63, 3.8) is 0 Å². The Hall–Kier alpha value is -4.40. The second-order valence-corrected chi connectivity index (χ2v) is 11.9. The molecule has 0 aromatic heterocycles. The first-order valence-corrected chi connectivity index (χ1v) is 15.0. The van der Waals surface area contributed by atoms with Crippen molar-refractivity contribution in [1.82, 2.24) is 9.80 Å². The van der Waals surface area contributed by atoms with Crippen molar-refractivity contribution in [2.75, 3.05) is 41.4 Å². The lowest BCUT2D eigenvalue weighted by molar-refractivity contribution is 0.228. The van der Waals surface area contributed by atoms with Crippen LogP contribution in [-0.2, 0) is 25.7 Å². The van der Waals surface area contributed by atoms with Gasteiger partial charge in [0.05, 0.1) is 14.2 Å². The lowest BCUT2D eigenvalue weighted by atomic mass is 9.88. The van der Waals surface area contributed by atoms with Crippen LogP contribution in [0.1, 0.15) is 45.5 Å². The molecule has 4 aromatic rings. The highest BCUT2D eigenvalue weighted by atomic mass is 16.5. The number of ether oxygens (including phenoxy) is 3. The molecule has 8 heteroatoms. The van der Waals surface area contributed by atoms with Gasteiger partial charge < -0.3 is 29.5 Å². The number of likely N-dealkylation sites (N-methyl/N-ethyl adjacent to an activating group) is 2. The summed E-state index contributed by atoms with van der Waals surface area (Å²) in [6.45, 7) is 1.83. The van der Waals surface area contributed by atoms with Crippen molar-refractivity contribution < 1.29 is 29.5 Å². The highest BCUT2D eigenvalue weighted by molar-refractivity contribution is 5.51. The van der Waals surface area contributed by atoms with E-state index in [0.29, 0.717) is 29.4 Å². The number of benzene rings is 4. The van der Waals surface area contributed by atoms with Crippen molar-refractivity contribution in [1.29, 1.82) is 0 Å². The van der Waals surface area contributed by atoms with Crippen LogP contribution in [-0.4, -0.2) is 66.5 Å². The molecule has 8 nitrogen and oxygen atoms in total. The SMILES string of the molecule is COc1cc2c(cc1O)C(Cc1ccc(Oc3cc(CC4c5cc(O)c(OC)cc5CCN4C)ccc3O)cc1)N(C)CC2. The topological polar surface area (TPSA) is 94.9 Å². The van der Waals surface area contributed by atoms with E-state index in [9.17, 15) is 15.3 Å². The van der Waals surface area contributed by atoms with E-state index in [0.717, 1.165) is 54.6 Å². The van der Waals surface area contributed by atoms with Crippen molar-refractivity contribution in [3.05, 3.63) is 100 Å². The van der Waals surface area contributed by atoms with Gasteiger partial charge in [0.2, 0.25) is 0 Å². The van der Waals surface area contributed by atoms with Crippen molar-refractivity contribution in [3.8, 4) is 40.2 Å². The molecule has 4 aromatic carbocycles. The van der Waals surface area contributed by atoms with Gasteiger partial charge in [-0.05, 0) is 122 Å². The lowest BCUT2D eigenvalue weighted by Gasteiger charge is -2.35. The predicted octanol–water partition coefficient (Wildman–Crippen LogP) is 6.16. The highest BCUT2D eigenvalue weighted by Gasteiger charge is 2.28. The van der Waals surface area contributed by atoms with E-state index in [4.69, 9.17) is 14.2 Å². The average molecular weight is 597 g/mol. The van der Waals surface area contributed by atoms with Crippen LogP contribution in [0.5, 0.6) is 40.2 Å². The molecule has 0 fully saturated rings. The number of rotatable bonds is 8. The average Bonchev–Trinajstić information content (AvgIpc) is 3.02. The molecular formula is C36H40N2O6. The molecule has 6 rings (SSSR count). The number of phenolic OH excluding ortho intramolecular Hbond substituents is 3. The number of fused-ring (bicyclic) bond motifs is 2. The van der Waals surface area contributed by atoms with Gasteiger partial charge in [0.15, 0.2) is 34.5 Å². The van der Waals surface area contributed by atoms with Crippen LogP contribution in [0, 0.1) is 0 Å². The van der Waals surface area contributed by atoms with E-state index in [1.165, 1.54) is 11.1 Å². The van der Waals surface area contributed by atoms with E-state index < -0.39 is 0 Å². The molecule has 0 saturated heterocycles. The fraction of sp³-hybridized carbons (Fsp3) is 0.333. The van der Waals surface area contributed by atoms with Gasteiger partial charge in [0.25, 0.3) is 0 Å². The monoisotopic (exact) mass is 596 g/mol. The third kappa shape index (κ3) is 5.87. The summed E-state index contributed by atoms with van der Waals surface area (Å²) < 4.78 is 16.8. The first-order valence-electron chi connectivity index (χ1n) is 15.0. The summed E-state index contributed by atoms with van der Waals surface area (Å²) in [6, 6.07) is 21.2. The van der Waals surface area contributed by atoms with Gasteiger partial charge in [-0.25, -0.2) is 0 Å². The van der Waals surface area contributed by atoms with Gasteiger partial charge in [0, 0.05) is 25.2 Å². The maximum Gasteiger partial charge on any atom is 0.169 e. The van der Waals surface area contributed by atoms with Gasteiger partial charge in [-0.1, -0.05) is 18.2 Å². The predicted molar refractivity (Wildman–Crippen MR) is 169 cm³/mol. The quantitative estimate of drug-likeness (QED) is 0.223.